The fourth-order valence-electron chi connectivity index (χ4n) is 2.88. The van der Waals surface area contributed by atoms with Crippen LogP contribution >= 0.6 is 0 Å². The van der Waals surface area contributed by atoms with Crippen molar-refractivity contribution in [3.8, 4) is 0 Å². The minimum atomic E-state index is -0.920. The summed E-state index contributed by atoms with van der Waals surface area (Å²) < 4.78 is 0. The van der Waals surface area contributed by atoms with Crippen molar-refractivity contribution in [3.63, 3.8) is 0 Å². The molecule has 6 nitrogen and oxygen atoms in total. The summed E-state index contributed by atoms with van der Waals surface area (Å²) in [5.41, 5.74) is 0.973. The summed E-state index contributed by atoms with van der Waals surface area (Å²) in [6.07, 6.45) is 1.64. The molecule has 1 aliphatic rings. The normalized spacial score (nSPS) is 23.5. The molecule has 1 aromatic heterocycles. The lowest BCUT2D eigenvalue weighted by atomic mass is 10.1. The molecule has 0 radical (unpaired) electrons. The average Bonchev–Trinajstić information content (AvgIpc) is 2.73. The van der Waals surface area contributed by atoms with Crippen LogP contribution in [0.4, 0.5) is 5.69 Å². The third kappa shape index (κ3) is 1.76. The number of nitrogens with zero attached hydrogens (tertiary/aromatic N) is 1. The number of carbonyl (C=O) groups excluding carboxylic acids is 1. The number of benzene rings is 1. The van der Waals surface area contributed by atoms with Gasteiger partial charge < -0.3 is 10.4 Å². The Bertz CT molecular complexity index is 705. The number of carboxylic acid groups (broad SMARTS) is 1. The summed E-state index contributed by atoms with van der Waals surface area (Å²) >= 11 is 0. The molecule has 2 aromatic rings. The molecule has 3 rings (SSSR count). The summed E-state index contributed by atoms with van der Waals surface area (Å²) in [6, 6.07) is 5.45. The molecule has 104 valence electrons. The highest BCUT2D eigenvalue weighted by molar-refractivity contribution is 6.04. The highest BCUT2D eigenvalue weighted by atomic mass is 16.4. The molecule has 6 heteroatoms. The van der Waals surface area contributed by atoms with Gasteiger partial charge in [-0.25, -0.2) is 0 Å². The third-order valence-corrected chi connectivity index (χ3v) is 4.12. The van der Waals surface area contributed by atoms with Crippen molar-refractivity contribution in [3.05, 3.63) is 24.4 Å². The molecule has 0 aliphatic heterocycles. The Morgan fingerprint density at radius 2 is 2.10 bits per heavy atom. The molecule has 0 unspecified atom stereocenters. The number of nitrogens with one attached hydrogen (secondary N) is 2. The van der Waals surface area contributed by atoms with Crippen molar-refractivity contribution in [2.45, 2.75) is 13.8 Å². The zero-order valence-corrected chi connectivity index (χ0v) is 11.2. The second-order valence-electron chi connectivity index (χ2n) is 5.74. The van der Waals surface area contributed by atoms with Crippen molar-refractivity contribution in [1.29, 1.82) is 0 Å². The summed E-state index contributed by atoms with van der Waals surface area (Å²) in [4.78, 5) is 23.4. The summed E-state index contributed by atoms with van der Waals surface area (Å²) in [5, 5.41) is 19.5. The number of carbonyl (C=O) groups is 2. The highest BCUT2D eigenvalue weighted by Gasteiger charge is 2.65. The number of rotatable bonds is 3. The highest BCUT2D eigenvalue weighted by Crippen LogP contribution is 2.58. The smallest absolute Gasteiger partial charge is 0.307 e. The standard InChI is InChI=1S/C14H15N3O3/c1-14(2)10(11(14)13(19)20)12(18)16-8-4-3-5-9-7(8)6-15-17-9/h3-6,10-11H,1-2H3,(H,15,17)(H,16,18)(H,19,20)/t10-,11+/m1/s1. The van der Waals surface area contributed by atoms with Crippen LogP contribution in [-0.2, 0) is 9.59 Å². The van der Waals surface area contributed by atoms with Crippen molar-refractivity contribution < 1.29 is 14.7 Å². The van der Waals surface area contributed by atoms with Crippen LogP contribution in [0.3, 0.4) is 0 Å². The Morgan fingerprint density at radius 3 is 2.75 bits per heavy atom. The third-order valence-electron chi connectivity index (χ3n) is 4.12. The minimum Gasteiger partial charge on any atom is -0.481 e. The lowest BCUT2D eigenvalue weighted by Gasteiger charge is -2.07. The van der Waals surface area contributed by atoms with Gasteiger partial charge in [-0.05, 0) is 17.5 Å². The van der Waals surface area contributed by atoms with Crippen molar-refractivity contribution in [2.75, 3.05) is 5.32 Å². The van der Waals surface area contributed by atoms with E-state index in [-0.39, 0.29) is 5.91 Å². The zero-order chi connectivity index (χ0) is 14.5. The molecule has 20 heavy (non-hydrogen) atoms. The first kappa shape index (κ1) is 12.7. The van der Waals surface area contributed by atoms with E-state index in [0.29, 0.717) is 5.69 Å². The van der Waals surface area contributed by atoms with Crippen LogP contribution < -0.4 is 5.32 Å². The van der Waals surface area contributed by atoms with Crippen LogP contribution in [0.25, 0.3) is 10.9 Å². The number of fused-ring (bicyclic) bond motifs is 1. The van der Waals surface area contributed by atoms with Gasteiger partial charge in [0.15, 0.2) is 0 Å². The number of carboxylic acids is 1. The summed E-state index contributed by atoms with van der Waals surface area (Å²) in [7, 11) is 0. The Balaban J connectivity index is 1.84. The fourth-order valence-corrected chi connectivity index (χ4v) is 2.88. The molecule has 3 N–H and O–H groups in total. The van der Waals surface area contributed by atoms with E-state index in [4.69, 9.17) is 5.11 Å². The second-order valence-corrected chi connectivity index (χ2v) is 5.74. The molecule has 1 saturated carbocycles. The molecule has 1 heterocycles. The predicted octanol–water partition coefficient (Wildman–Crippen LogP) is 1.86. The Labute approximate surface area is 115 Å². The SMILES string of the molecule is CC1(C)[C@H](C(=O)O)[C@@H]1C(=O)Nc1cccc2[nH]ncc12. The average molecular weight is 273 g/mol. The van der Waals surface area contributed by atoms with Gasteiger partial charge in [0.05, 0.1) is 29.2 Å². The molecule has 1 aromatic carbocycles. The number of H-pyrrole nitrogens is 1. The van der Waals surface area contributed by atoms with Crippen LogP contribution in [0.1, 0.15) is 13.8 Å². The van der Waals surface area contributed by atoms with Gasteiger partial charge in [-0.15, -0.1) is 0 Å². The van der Waals surface area contributed by atoms with Gasteiger partial charge >= 0.3 is 5.97 Å². The summed E-state index contributed by atoms with van der Waals surface area (Å²) in [6.45, 7) is 3.60. The first-order valence-corrected chi connectivity index (χ1v) is 6.38. The molecule has 0 spiro atoms. The van der Waals surface area contributed by atoms with Gasteiger partial charge in [0.2, 0.25) is 5.91 Å². The van der Waals surface area contributed by atoms with Crippen LogP contribution in [0.2, 0.25) is 0 Å². The molecule has 0 bridgehead atoms. The molecule has 1 aliphatic carbocycles. The fraction of sp³-hybridized carbons (Fsp3) is 0.357. The van der Waals surface area contributed by atoms with Crippen molar-refractivity contribution >= 4 is 28.5 Å². The lowest BCUT2D eigenvalue weighted by Crippen LogP contribution is -2.17. The van der Waals surface area contributed by atoms with E-state index in [1.54, 1.807) is 26.1 Å². The second kappa shape index (κ2) is 4.06. The van der Waals surface area contributed by atoms with E-state index in [2.05, 4.69) is 15.5 Å². The number of aromatic amines is 1. The Hall–Kier alpha value is -2.37. The van der Waals surface area contributed by atoms with Crippen molar-refractivity contribution in [2.24, 2.45) is 17.3 Å². The molecule has 2 atom stereocenters. The maximum atomic E-state index is 12.3. The van der Waals surface area contributed by atoms with E-state index in [1.165, 1.54) is 0 Å². The number of anilines is 1. The number of hydrogen-bond donors (Lipinski definition) is 3. The van der Waals surface area contributed by atoms with Crippen LogP contribution in [-0.4, -0.2) is 27.2 Å². The molecular weight excluding hydrogens is 258 g/mol. The number of amides is 1. The van der Waals surface area contributed by atoms with E-state index in [1.807, 2.05) is 12.1 Å². The van der Waals surface area contributed by atoms with Crippen LogP contribution in [0, 0.1) is 17.3 Å². The van der Waals surface area contributed by atoms with E-state index in [0.717, 1.165) is 10.9 Å². The molecular formula is C14H15N3O3. The van der Waals surface area contributed by atoms with Gasteiger partial charge in [0.25, 0.3) is 0 Å². The van der Waals surface area contributed by atoms with E-state index in [9.17, 15) is 9.59 Å². The Kier molecular flexibility index (Phi) is 2.57. The van der Waals surface area contributed by atoms with Crippen molar-refractivity contribution in [1.82, 2.24) is 10.2 Å². The quantitative estimate of drug-likeness (QED) is 0.795. The minimum absolute atomic E-state index is 0.254. The monoisotopic (exact) mass is 273 g/mol. The van der Waals surface area contributed by atoms with Crippen LogP contribution in [0.5, 0.6) is 0 Å². The first-order chi connectivity index (χ1) is 9.43. The topological polar surface area (TPSA) is 95.1 Å². The van der Waals surface area contributed by atoms with Gasteiger partial charge in [0, 0.05) is 5.39 Å². The maximum absolute atomic E-state index is 12.3. The molecule has 1 amide bonds. The number of aliphatic carboxylic acids is 1. The largest absolute Gasteiger partial charge is 0.481 e. The Morgan fingerprint density at radius 1 is 1.35 bits per heavy atom. The first-order valence-electron chi connectivity index (χ1n) is 6.38. The molecule has 1 fully saturated rings. The van der Waals surface area contributed by atoms with Gasteiger partial charge in [-0.1, -0.05) is 19.9 Å². The summed E-state index contributed by atoms with van der Waals surface area (Å²) in [5.74, 6) is -2.29. The zero-order valence-electron chi connectivity index (χ0n) is 11.2. The van der Waals surface area contributed by atoms with E-state index < -0.39 is 23.2 Å². The molecule has 0 saturated heterocycles. The lowest BCUT2D eigenvalue weighted by molar-refractivity contribution is -0.140. The van der Waals surface area contributed by atoms with Gasteiger partial charge in [-0.2, -0.15) is 5.10 Å². The van der Waals surface area contributed by atoms with Gasteiger partial charge in [-0.3, -0.25) is 14.7 Å². The number of aromatic nitrogens is 2. The van der Waals surface area contributed by atoms with Crippen LogP contribution in [0.15, 0.2) is 24.4 Å². The maximum Gasteiger partial charge on any atom is 0.307 e. The number of hydrogen-bond acceptors (Lipinski definition) is 3. The van der Waals surface area contributed by atoms with E-state index >= 15 is 0 Å². The predicted molar refractivity (Wildman–Crippen MR) is 73.1 cm³/mol. The van der Waals surface area contributed by atoms with Gasteiger partial charge in [0.1, 0.15) is 0 Å².